The molecule has 1 aliphatic heterocycles. The average molecular weight is 428 g/mol. The summed E-state index contributed by atoms with van der Waals surface area (Å²) in [6, 6.07) is 20.7. The standard InChI is InChI=1S/C26H33NO2.ClH/c1-26(2,17-12-20-27-18-10-5-11-19-27)29-22-21-28-25(23-13-6-3-7-14-23)24-15-8-4-9-16-24;/h3-4,6-9,13-16,25H,5,10-11,18-22H2,1-2H3;1H. The maximum absolute atomic E-state index is 6.23. The molecule has 0 unspecified atom stereocenters. The number of rotatable bonds is 8. The highest BCUT2D eigenvalue weighted by Gasteiger charge is 2.18. The first-order valence-electron chi connectivity index (χ1n) is 10.8. The molecular formula is C26H34ClNO2. The lowest BCUT2D eigenvalue weighted by molar-refractivity contribution is -0.897. The lowest BCUT2D eigenvalue weighted by Gasteiger charge is -2.23. The molecule has 0 spiro atoms. The maximum atomic E-state index is 6.23. The Morgan fingerprint density at radius 3 is 2.00 bits per heavy atom. The molecule has 0 bridgehead atoms. The van der Waals surface area contributed by atoms with Gasteiger partial charge in [0.2, 0.25) is 0 Å². The Balaban J connectivity index is 0.00000320. The zero-order chi connectivity index (χ0) is 20.4. The van der Waals surface area contributed by atoms with Crippen molar-refractivity contribution in [3.05, 3.63) is 71.8 Å². The van der Waals surface area contributed by atoms with Crippen molar-refractivity contribution in [3.8, 4) is 11.8 Å². The van der Waals surface area contributed by atoms with Gasteiger partial charge < -0.3 is 26.8 Å². The normalized spacial score (nSPS) is 14.6. The third kappa shape index (κ3) is 8.13. The summed E-state index contributed by atoms with van der Waals surface area (Å²) in [5.41, 5.74) is 1.86. The van der Waals surface area contributed by atoms with E-state index in [1.54, 1.807) is 4.90 Å². The van der Waals surface area contributed by atoms with Crippen molar-refractivity contribution in [1.82, 2.24) is 0 Å². The van der Waals surface area contributed by atoms with Crippen molar-refractivity contribution in [3.63, 3.8) is 0 Å². The summed E-state index contributed by atoms with van der Waals surface area (Å²) in [4.78, 5) is 1.61. The van der Waals surface area contributed by atoms with Crippen LogP contribution >= 0.6 is 0 Å². The van der Waals surface area contributed by atoms with Crippen molar-refractivity contribution in [2.24, 2.45) is 0 Å². The van der Waals surface area contributed by atoms with Gasteiger partial charge in [-0.05, 0) is 50.2 Å². The molecule has 2 aromatic rings. The SMILES string of the molecule is CC(C)(C#CC[NH+]1CCCCC1)OCCOC(c1ccccc1)c1ccccc1.[Cl-]. The Morgan fingerprint density at radius 1 is 0.867 bits per heavy atom. The Bertz CT molecular complexity index is 737. The number of nitrogens with one attached hydrogen (secondary N) is 1. The summed E-state index contributed by atoms with van der Waals surface area (Å²) < 4.78 is 12.3. The van der Waals surface area contributed by atoms with Gasteiger partial charge in [0.05, 0.1) is 26.3 Å². The molecule has 1 N–H and O–H groups in total. The molecule has 3 nitrogen and oxygen atoms in total. The summed E-state index contributed by atoms with van der Waals surface area (Å²) >= 11 is 0. The van der Waals surface area contributed by atoms with Gasteiger partial charge in [0.15, 0.2) is 0 Å². The van der Waals surface area contributed by atoms with Crippen LogP contribution in [0.1, 0.15) is 50.3 Å². The second kappa shape index (κ2) is 12.8. The van der Waals surface area contributed by atoms with Crippen molar-refractivity contribution >= 4 is 0 Å². The number of hydrogen-bond donors (Lipinski definition) is 1. The Labute approximate surface area is 188 Å². The van der Waals surface area contributed by atoms with E-state index in [1.807, 2.05) is 50.2 Å². The van der Waals surface area contributed by atoms with Gasteiger partial charge in [-0.3, -0.25) is 0 Å². The number of piperidine rings is 1. The fraction of sp³-hybridized carbons (Fsp3) is 0.462. The third-order valence-corrected chi connectivity index (χ3v) is 5.32. The van der Waals surface area contributed by atoms with Crippen molar-refractivity contribution in [2.45, 2.75) is 44.8 Å². The second-order valence-corrected chi connectivity index (χ2v) is 8.22. The number of benzene rings is 2. The van der Waals surface area contributed by atoms with Gasteiger partial charge in [-0.15, -0.1) is 0 Å². The first kappa shape index (κ1) is 24.4. The summed E-state index contributed by atoms with van der Waals surface area (Å²) in [7, 11) is 0. The quantitative estimate of drug-likeness (QED) is 0.494. The summed E-state index contributed by atoms with van der Waals surface area (Å²) in [5.74, 6) is 6.65. The largest absolute Gasteiger partial charge is 1.00 e. The lowest BCUT2D eigenvalue weighted by Crippen LogP contribution is -3.12. The van der Waals surface area contributed by atoms with Crippen LogP contribution in [-0.4, -0.2) is 38.4 Å². The van der Waals surface area contributed by atoms with Gasteiger partial charge in [-0.2, -0.15) is 0 Å². The van der Waals surface area contributed by atoms with Gasteiger partial charge in [0.25, 0.3) is 0 Å². The highest BCUT2D eigenvalue weighted by atomic mass is 35.5. The van der Waals surface area contributed by atoms with Crippen LogP contribution in [-0.2, 0) is 9.47 Å². The molecule has 1 aliphatic rings. The first-order valence-corrected chi connectivity index (χ1v) is 10.8. The fourth-order valence-corrected chi connectivity index (χ4v) is 3.75. The number of hydrogen-bond acceptors (Lipinski definition) is 2. The van der Waals surface area contributed by atoms with Gasteiger partial charge in [0, 0.05) is 0 Å². The van der Waals surface area contributed by atoms with Crippen LogP contribution in [0.5, 0.6) is 0 Å². The van der Waals surface area contributed by atoms with Crippen molar-refractivity contribution in [1.29, 1.82) is 0 Å². The molecule has 162 valence electrons. The number of likely N-dealkylation sites (tertiary alicyclic amines) is 1. The molecule has 0 amide bonds. The van der Waals surface area contributed by atoms with Crippen LogP contribution < -0.4 is 17.3 Å². The van der Waals surface area contributed by atoms with Crippen molar-refractivity contribution in [2.75, 3.05) is 32.8 Å². The van der Waals surface area contributed by atoms with Crippen LogP contribution in [0.4, 0.5) is 0 Å². The average Bonchev–Trinajstić information content (AvgIpc) is 2.75. The molecule has 4 heteroatoms. The number of ether oxygens (including phenoxy) is 2. The van der Waals surface area contributed by atoms with E-state index < -0.39 is 5.60 Å². The molecule has 0 atom stereocenters. The molecule has 0 radical (unpaired) electrons. The molecule has 0 aliphatic carbocycles. The summed E-state index contributed by atoms with van der Waals surface area (Å²) in [5, 5.41) is 0. The minimum absolute atomic E-state index is 0. The number of halogens is 1. The molecule has 30 heavy (non-hydrogen) atoms. The van der Waals surface area contributed by atoms with Crippen LogP contribution in [0.15, 0.2) is 60.7 Å². The number of quaternary nitrogens is 1. The van der Waals surface area contributed by atoms with E-state index in [1.165, 1.54) is 32.4 Å². The first-order chi connectivity index (χ1) is 14.1. The molecule has 1 saturated heterocycles. The zero-order valence-corrected chi connectivity index (χ0v) is 19.0. The molecule has 0 saturated carbocycles. The molecular weight excluding hydrogens is 394 g/mol. The van der Waals surface area contributed by atoms with Crippen LogP contribution in [0.2, 0.25) is 0 Å². The van der Waals surface area contributed by atoms with Crippen LogP contribution in [0, 0.1) is 11.8 Å². The van der Waals surface area contributed by atoms with E-state index in [2.05, 4.69) is 36.1 Å². The van der Waals surface area contributed by atoms with E-state index in [0.717, 1.165) is 17.7 Å². The lowest BCUT2D eigenvalue weighted by atomic mass is 10.0. The highest BCUT2D eigenvalue weighted by Crippen LogP contribution is 2.25. The minimum atomic E-state index is -0.451. The van der Waals surface area contributed by atoms with Gasteiger partial charge in [-0.1, -0.05) is 66.6 Å². The summed E-state index contributed by atoms with van der Waals surface area (Å²) in [6.45, 7) is 8.56. The Kier molecular flexibility index (Phi) is 10.4. The predicted octanol–water partition coefficient (Wildman–Crippen LogP) is 0.664. The molecule has 2 aromatic carbocycles. The van der Waals surface area contributed by atoms with Gasteiger partial charge in [0.1, 0.15) is 18.2 Å². The van der Waals surface area contributed by atoms with Crippen LogP contribution in [0.25, 0.3) is 0 Å². The Hall–Kier alpha value is -1.83. The third-order valence-electron chi connectivity index (χ3n) is 5.32. The fourth-order valence-electron chi connectivity index (χ4n) is 3.75. The van der Waals surface area contributed by atoms with E-state index in [-0.39, 0.29) is 18.5 Å². The molecule has 1 fully saturated rings. The predicted molar refractivity (Wildman–Crippen MR) is 118 cm³/mol. The van der Waals surface area contributed by atoms with Gasteiger partial charge >= 0.3 is 0 Å². The maximum Gasteiger partial charge on any atom is 0.139 e. The zero-order valence-electron chi connectivity index (χ0n) is 18.2. The molecule has 0 aromatic heterocycles. The Morgan fingerprint density at radius 2 is 1.43 bits per heavy atom. The van der Waals surface area contributed by atoms with Crippen LogP contribution in [0.3, 0.4) is 0 Å². The summed E-state index contributed by atoms with van der Waals surface area (Å²) in [6.07, 6.45) is 3.95. The molecule has 1 heterocycles. The van der Waals surface area contributed by atoms with E-state index in [4.69, 9.17) is 9.47 Å². The van der Waals surface area contributed by atoms with E-state index in [9.17, 15) is 0 Å². The smallest absolute Gasteiger partial charge is 0.139 e. The van der Waals surface area contributed by atoms with Crippen molar-refractivity contribution < 1.29 is 26.8 Å². The highest BCUT2D eigenvalue weighted by molar-refractivity contribution is 5.29. The molecule has 3 rings (SSSR count). The van der Waals surface area contributed by atoms with E-state index in [0.29, 0.717) is 13.2 Å². The second-order valence-electron chi connectivity index (χ2n) is 8.22. The topological polar surface area (TPSA) is 22.9 Å². The van der Waals surface area contributed by atoms with E-state index >= 15 is 0 Å². The van der Waals surface area contributed by atoms with Gasteiger partial charge in [-0.25, -0.2) is 0 Å². The monoisotopic (exact) mass is 427 g/mol. The minimum Gasteiger partial charge on any atom is -1.00 e.